The van der Waals surface area contributed by atoms with Crippen molar-refractivity contribution >= 4 is 0 Å². The number of rotatable bonds is 3. The van der Waals surface area contributed by atoms with Crippen LogP contribution in [0.15, 0.2) is 35.8 Å². The molecule has 0 aromatic carbocycles. The van der Waals surface area contributed by atoms with E-state index in [4.69, 9.17) is 4.74 Å². The van der Waals surface area contributed by atoms with Crippen LogP contribution in [0.2, 0.25) is 0 Å². The van der Waals surface area contributed by atoms with Crippen LogP contribution < -0.4 is 10.6 Å². The lowest BCUT2D eigenvalue weighted by atomic mass is 9.95. The van der Waals surface area contributed by atoms with E-state index in [1.54, 1.807) is 7.11 Å². The number of allylic oxidation sites excluding steroid dienone is 1. The van der Waals surface area contributed by atoms with E-state index in [-0.39, 0.29) is 0 Å². The summed E-state index contributed by atoms with van der Waals surface area (Å²) >= 11 is 0. The third-order valence-corrected chi connectivity index (χ3v) is 3.50. The van der Waals surface area contributed by atoms with Gasteiger partial charge in [-0.15, -0.1) is 0 Å². The summed E-state index contributed by atoms with van der Waals surface area (Å²) in [6, 6.07) is 0.399. The van der Waals surface area contributed by atoms with Crippen LogP contribution in [-0.4, -0.2) is 26.2 Å². The maximum atomic E-state index is 5.17. The van der Waals surface area contributed by atoms with E-state index < -0.39 is 0 Å². The maximum Gasteiger partial charge on any atom is 0.114 e. The van der Waals surface area contributed by atoms with E-state index >= 15 is 0 Å². The van der Waals surface area contributed by atoms with Gasteiger partial charge in [-0.2, -0.15) is 0 Å². The Morgan fingerprint density at radius 2 is 2.41 bits per heavy atom. The van der Waals surface area contributed by atoms with Crippen molar-refractivity contribution in [3.63, 3.8) is 0 Å². The zero-order valence-corrected chi connectivity index (χ0v) is 10.7. The van der Waals surface area contributed by atoms with Crippen molar-refractivity contribution in [3.8, 4) is 0 Å². The molecule has 0 radical (unpaired) electrons. The summed E-state index contributed by atoms with van der Waals surface area (Å²) in [6.45, 7) is 4.46. The second-order valence-electron chi connectivity index (χ2n) is 4.76. The van der Waals surface area contributed by atoms with Crippen LogP contribution in [-0.2, 0) is 4.74 Å². The molecule has 0 bridgehead atoms. The van der Waals surface area contributed by atoms with Gasteiger partial charge in [0.05, 0.1) is 7.11 Å². The summed E-state index contributed by atoms with van der Waals surface area (Å²) in [7, 11) is 1.71. The Labute approximate surface area is 104 Å². The summed E-state index contributed by atoms with van der Waals surface area (Å²) in [5.41, 5.74) is 1.48. The molecular weight excluding hydrogens is 212 g/mol. The minimum absolute atomic E-state index is 0.399. The maximum absolute atomic E-state index is 5.17. The van der Waals surface area contributed by atoms with Gasteiger partial charge < -0.3 is 15.4 Å². The summed E-state index contributed by atoms with van der Waals surface area (Å²) < 4.78 is 5.17. The Hall–Kier alpha value is -1.22. The first-order valence-corrected chi connectivity index (χ1v) is 6.37. The van der Waals surface area contributed by atoms with E-state index in [9.17, 15) is 0 Å². The summed E-state index contributed by atoms with van der Waals surface area (Å²) in [4.78, 5) is 0. The van der Waals surface area contributed by atoms with Gasteiger partial charge in [0, 0.05) is 12.6 Å². The molecule has 2 aliphatic rings. The molecule has 1 fully saturated rings. The Kier molecular flexibility index (Phi) is 4.26. The summed E-state index contributed by atoms with van der Waals surface area (Å²) in [6.07, 6.45) is 10.7. The molecule has 1 aliphatic heterocycles. The highest BCUT2D eigenvalue weighted by Crippen LogP contribution is 2.17. The first-order chi connectivity index (χ1) is 8.29. The number of piperidine rings is 1. The SMILES string of the molecule is COC1=CCC(N/C=C2\CNCC[C@@H]2C)C=C1. The Morgan fingerprint density at radius 1 is 1.53 bits per heavy atom. The van der Waals surface area contributed by atoms with E-state index in [0.717, 1.165) is 25.3 Å². The molecule has 3 nitrogen and oxygen atoms in total. The summed E-state index contributed by atoms with van der Waals surface area (Å²) in [5.74, 6) is 1.66. The van der Waals surface area contributed by atoms with Gasteiger partial charge in [-0.3, -0.25) is 0 Å². The molecule has 1 heterocycles. The van der Waals surface area contributed by atoms with Crippen molar-refractivity contribution in [2.75, 3.05) is 20.2 Å². The lowest BCUT2D eigenvalue weighted by Crippen LogP contribution is -2.31. The second-order valence-corrected chi connectivity index (χ2v) is 4.76. The van der Waals surface area contributed by atoms with E-state index in [2.05, 4.69) is 35.9 Å². The molecule has 17 heavy (non-hydrogen) atoms. The smallest absolute Gasteiger partial charge is 0.114 e. The largest absolute Gasteiger partial charge is 0.497 e. The van der Waals surface area contributed by atoms with Crippen molar-refractivity contribution in [1.29, 1.82) is 0 Å². The fourth-order valence-corrected chi connectivity index (χ4v) is 2.19. The molecule has 0 aromatic rings. The van der Waals surface area contributed by atoms with Crippen LogP contribution in [0.3, 0.4) is 0 Å². The highest BCUT2D eigenvalue weighted by molar-refractivity contribution is 5.21. The molecule has 3 heteroatoms. The second kappa shape index (κ2) is 5.92. The van der Waals surface area contributed by atoms with Gasteiger partial charge in [0.2, 0.25) is 0 Å². The molecule has 94 valence electrons. The van der Waals surface area contributed by atoms with Crippen molar-refractivity contribution in [3.05, 3.63) is 35.8 Å². The molecule has 0 aromatic heterocycles. The minimum Gasteiger partial charge on any atom is -0.497 e. The molecule has 1 aliphatic carbocycles. The van der Waals surface area contributed by atoms with Crippen molar-refractivity contribution in [2.24, 2.45) is 5.92 Å². The van der Waals surface area contributed by atoms with Crippen molar-refractivity contribution in [1.82, 2.24) is 10.6 Å². The van der Waals surface area contributed by atoms with Crippen LogP contribution in [0.4, 0.5) is 0 Å². The molecule has 1 unspecified atom stereocenters. The van der Waals surface area contributed by atoms with Gasteiger partial charge in [0.25, 0.3) is 0 Å². The van der Waals surface area contributed by atoms with Crippen LogP contribution in [0.25, 0.3) is 0 Å². The van der Waals surface area contributed by atoms with Gasteiger partial charge in [-0.05, 0) is 49.2 Å². The lowest BCUT2D eigenvalue weighted by molar-refractivity contribution is 0.302. The molecule has 1 saturated heterocycles. The fraction of sp³-hybridized carbons (Fsp3) is 0.571. The quantitative estimate of drug-likeness (QED) is 0.783. The molecule has 0 saturated carbocycles. The molecular formula is C14H22N2O. The predicted molar refractivity (Wildman–Crippen MR) is 70.5 cm³/mol. The lowest BCUT2D eigenvalue weighted by Gasteiger charge is -2.24. The van der Waals surface area contributed by atoms with Crippen LogP contribution in [0.5, 0.6) is 0 Å². The van der Waals surface area contributed by atoms with Crippen LogP contribution in [0.1, 0.15) is 19.8 Å². The minimum atomic E-state index is 0.399. The molecule has 0 amide bonds. The van der Waals surface area contributed by atoms with Crippen molar-refractivity contribution in [2.45, 2.75) is 25.8 Å². The third kappa shape index (κ3) is 3.37. The number of hydrogen-bond acceptors (Lipinski definition) is 3. The summed E-state index contributed by atoms with van der Waals surface area (Å²) in [5, 5.41) is 6.89. The number of methoxy groups -OCH3 is 1. The zero-order valence-electron chi connectivity index (χ0n) is 10.7. The predicted octanol–water partition coefficient (Wildman–Crippen LogP) is 1.95. The average molecular weight is 234 g/mol. The fourth-order valence-electron chi connectivity index (χ4n) is 2.19. The Balaban J connectivity index is 1.84. The monoisotopic (exact) mass is 234 g/mol. The topological polar surface area (TPSA) is 33.3 Å². The Bertz CT molecular complexity index is 344. The van der Waals surface area contributed by atoms with E-state index in [1.807, 2.05) is 6.08 Å². The van der Waals surface area contributed by atoms with Gasteiger partial charge in [-0.1, -0.05) is 13.0 Å². The highest BCUT2D eigenvalue weighted by Gasteiger charge is 2.14. The van der Waals surface area contributed by atoms with Crippen LogP contribution in [0, 0.1) is 5.92 Å². The molecule has 2 atom stereocenters. The first kappa shape index (κ1) is 12.2. The standard InChI is InChI=1S/C14H22N2O/c1-11-7-8-15-9-12(11)10-16-13-3-5-14(17-2)6-4-13/h3,5-6,10-11,13,15-16H,4,7-9H2,1-2H3/b12-10+/t11-,13?/m0/s1. The van der Waals surface area contributed by atoms with E-state index in [0.29, 0.717) is 12.0 Å². The molecule has 2 rings (SSSR count). The third-order valence-electron chi connectivity index (χ3n) is 3.50. The van der Waals surface area contributed by atoms with Crippen LogP contribution >= 0.6 is 0 Å². The normalized spacial score (nSPS) is 31.2. The van der Waals surface area contributed by atoms with Gasteiger partial charge in [-0.25, -0.2) is 0 Å². The first-order valence-electron chi connectivity index (χ1n) is 6.37. The molecule has 2 N–H and O–H groups in total. The molecule has 0 spiro atoms. The van der Waals surface area contributed by atoms with Gasteiger partial charge in [0.15, 0.2) is 0 Å². The van der Waals surface area contributed by atoms with Gasteiger partial charge >= 0.3 is 0 Å². The van der Waals surface area contributed by atoms with E-state index in [1.165, 1.54) is 12.0 Å². The highest BCUT2D eigenvalue weighted by atomic mass is 16.5. The number of hydrogen-bond donors (Lipinski definition) is 2. The van der Waals surface area contributed by atoms with Gasteiger partial charge in [0.1, 0.15) is 5.76 Å². The number of ether oxygens (including phenoxy) is 1. The number of nitrogens with one attached hydrogen (secondary N) is 2. The average Bonchev–Trinajstić information content (AvgIpc) is 2.38. The Morgan fingerprint density at radius 3 is 3.06 bits per heavy atom. The zero-order chi connectivity index (χ0) is 12.1. The van der Waals surface area contributed by atoms with Crippen molar-refractivity contribution < 1.29 is 4.74 Å².